The average molecular weight is 451 g/mol. The molecule has 0 aliphatic rings. The fourth-order valence-electron chi connectivity index (χ4n) is 3.19. The zero-order valence-electron chi connectivity index (χ0n) is 16.2. The van der Waals surface area contributed by atoms with Crippen LogP contribution in [-0.4, -0.2) is 18.0 Å². The summed E-state index contributed by atoms with van der Waals surface area (Å²) in [5.74, 6) is 0.843. The van der Waals surface area contributed by atoms with Gasteiger partial charge in [-0.05, 0) is 61.9 Å². The summed E-state index contributed by atoms with van der Waals surface area (Å²) in [4.78, 5) is 17.4. The number of fused-ring (bicyclic) bond motifs is 1. The van der Waals surface area contributed by atoms with Crippen molar-refractivity contribution in [2.24, 2.45) is 0 Å². The van der Waals surface area contributed by atoms with Gasteiger partial charge in [0, 0.05) is 15.7 Å². The Hall–Kier alpha value is -3.12. The molecule has 5 nitrogen and oxygen atoms in total. The Bertz CT molecular complexity index is 1210. The fourth-order valence-corrected chi connectivity index (χ4v) is 3.77. The standard InChI is InChI=1S/C23H19BrN2O3/c1-13-4-6-15(7-5-13)23-26-19-12-17(8-9-20(19)29-23)25-22(27)18-11-16(24)10-14(2)21(18)28-3/h4-12H,1-3H3,(H,25,27). The summed E-state index contributed by atoms with van der Waals surface area (Å²) in [5, 5.41) is 2.91. The van der Waals surface area contributed by atoms with Crippen LogP contribution in [0.15, 0.2) is 63.5 Å². The number of carbonyl (C=O) groups excluding carboxylic acids is 1. The van der Waals surface area contributed by atoms with Gasteiger partial charge in [0.25, 0.3) is 5.91 Å². The lowest BCUT2D eigenvalue weighted by Crippen LogP contribution is -2.13. The molecule has 0 spiro atoms. The van der Waals surface area contributed by atoms with Gasteiger partial charge < -0.3 is 14.5 Å². The minimum atomic E-state index is -0.257. The van der Waals surface area contributed by atoms with Gasteiger partial charge in [-0.25, -0.2) is 4.98 Å². The molecule has 0 atom stereocenters. The van der Waals surface area contributed by atoms with Crippen LogP contribution in [0.25, 0.3) is 22.6 Å². The highest BCUT2D eigenvalue weighted by molar-refractivity contribution is 9.10. The summed E-state index contributed by atoms with van der Waals surface area (Å²) in [6, 6.07) is 17.0. The largest absolute Gasteiger partial charge is 0.496 e. The van der Waals surface area contributed by atoms with Crippen LogP contribution in [0.3, 0.4) is 0 Å². The van der Waals surface area contributed by atoms with Gasteiger partial charge in [-0.3, -0.25) is 4.79 Å². The maximum absolute atomic E-state index is 12.8. The van der Waals surface area contributed by atoms with Gasteiger partial charge in [0.05, 0.1) is 12.7 Å². The maximum atomic E-state index is 12.8. The van der Waals surface area contributed by atoms with Gasteiger partial charge >= 0.3 is 0 Å². The number of benzene rings is 3. The summed E-state index contributed by atoms with van der Waals surface area (Å²) in [7, 11) is 1.56. The van der Waals surface area contributed by atoms with Crippen LogP contribution in [0.5, 0.6) is 5.75 Å². The van der Waals surface area contributed by atoms with Crippen molar-refractivity contribution in [3.8, 4) is 17.2 Å². The van der Waals surface area contributed by atoms with Crippen molar-refractivity contribution in [1.29, 1.82) is 0 Å². The quantitative estimate of drug-likeness (QED) is 0.405. The first-order valence-electron chi connectivity index (χ1n) is 9.08. The summed E-state index contributed by atoms with van der Waals surface area (Å²) < 4.78 is 12.1. The Morgan fingerprint density at radius 3 is 2.55 bits per heavy atom. The smallest absolute Gasteiger partial charge is 0.259 e. The Morgan fingerprint density at radius 1 is 1.07 bits per heavy atom. The molecular formula is C23H19BrN2O3. The van der Waals surface area contributed by atoms with E-state index >= 15 is 0 Å². The lowest BCUT2D eigenvalue weighted by molar-refractivity contribution is 0.102. The van der Waals surface area contributed by atoms with Crippen molar-refractivity contribution >= 4 is 38.6 Å². The molecule has 0 aliphatic heterocycles. The molecule has 1 heterocycles. The van der Waals surface area contributed by atoms with Crippen molar-refractivity contribution < 1.29 is 13.9 Å². The van der Waals surface area contributed by atoms with E-state index in [1.165, 1.54) is 5.56 Å². The second kappa shape index (κ2) is 7.72. The second-order valence-electron chi connectivity index (χ2n) is 6.83. The molecule has 1 amide bonds. The number of halogens is 1. The number of nitrogens with one attached hydrogen (secondary N) is 1. The number of methoxy groups -OCH3 is 1. The number of rotatable bonds is 4. The first-order valence-corrected chi connectivity index (χ1v) is 9.87. The van der Waals surface area contributed by atoms with Crippen LogP contribution >= 0.6 is 15.9 Å². The van der Waals surface area contributed by atoms with Crippen LogP contribution in [0.1, 0.15) is 21.5 Å². The van der Waals surface area contributed by atoms with Gasteiger partial charge in [0.2, 0.25) is 5.89 Å². The molecule has 146 valence electrons. The number of aromatic nitrogens is 1. The van der Waals surface area contributed by atoms with Crippen molar-refractivity contribution in [2.75, 3.05) is 12.4 Å². The molecule has 0 saturated carbocycles. The number of nitrogens with zero attached hydrogens (tertiary/aromatic N) is 1. The first kappa shape index (κ1) is 19.2. The SMILES string of the molecule is COc1c(C)cc(Br)cc1C(=O)Nc1ccc2oc(-c3ccc(C)cc3)nc2c1. The van der Waals surface area contributed by atoms with Gasteiger partial charge in [0.15, 0.2) is 5.58 Å². The van der Waals surface area contributed by atoms with Gasteiger partial charge in [-0.1, -0.05) is 33.6 Å². The molecule has 4 aromatic rings. The maximum Gasteiger partial charge on any atom is 0.259 e. The molecule has 4 rings (SSSR count). The number of hydrogen-bond donors (Lipinski definition) is 1. The lowest BCUT2D eigenvalue weighted by atomic mass is 10.1. The third-order valence-corrected chi connectivity index (χ3v) is 5.09. The Balaban J connectivity index is 1.64. The number of aryl methyl sites for hydroxylation is 2. The Kier molecular flexibility index (Phi) is 5.11. The summed E-state index contributed by atoms with van der Waals surface area (Å²) in [5.41, 5.74) is 5.39. The van der Waals surface area contributed by atoms with E-state index in [9.17, 15) is 4.79 Å². The van der Waals surface area contributed by atoms with Crippen molar-refractivity contribution in [3.05, 3.63) is 75.8 Å². The van der Waals surface area contributed by atoms with Crippen LogP contribution in [-0.2, 0) is 0 Å². The summed E-state index contributed by atoms with van der Waals surface area (Å²) >= 11 is 3.43. The minimum absolute atomic E-state index is 0.257. The molecule has 0 aliphatic carbocycles. The molecule has 0 radical (unpaired) electrons. The Morgan fingerprint density at radius 2 is 1.83 bits per heavy atom. The van der Waals surface area contributed by atoms with E-state index in [0.717, 1.165) is 15.6 Å². The van der Waals surface area contributed by atoms with Crippen LogP contribution in [0, 0.1) is 13.8 Å². The van der Waals surface area contributed by atoms with Crippen LogP contribution < -0.4 is 10.1 Å². The van der Waals surface area contributed by atoms with Gasteiger partial charge in [-0.2, -0.15) is 0 Å². The second-order valence-corrected chi connectivity index (χ2v) is 7.74. The van der Waals surface area contributed by atoms with E-state index in [4.69, 9.17) is 9.15 Å². The highest BCUT2D eigenvalue weighted by atomic mass is 79.9. The molecule has 3 aromatic carbocycles. The fraction of sp³-hybridized carbons (Fsp3) is 0.130. The highest BCUT2D eigenvalue weighted by Crippen LogP contribution is 2.30. The molecule has 6 heteroatoms. The van der Waals surface area contributed by atoms with Gasteiger partial charge in [-0.15, -0.1) is 0 Å². The normalized spacial score (nSPS) is 10.9. The van der Waals surface area contributed by atoms with Crippen molar-refractivity contribution in [2.45, 2.75) is 13.8 Å². The zero-order chi connectivity index (χ0) is 20.5. The molecule has 29 heavy (non-hydrogen) atoms. The van der Waals surface area contributed by atoms with E-state index in [0.29, 0.717) is 34.0 Å². The number of anilines is 1. The molecule has 0 unspecified atom stereocenters. The monoisotopic (exact) mass is 450 g/mol. The number of ether oxygens (including phenoxy) is 1. The van der Waals surface area contributed by atoms with Crippen LogP contribution in [0.2, 0.25) is 0 Å². The lowest BCUT2D eigenvalue weighted by Gasteiger charge is -2.12. The molecule has 1 N–H and O–H groups in total. The van der Waals surface area contributed by atoms with Crippen LogP contribution in [0.4, 0.5) is 5.69 Å². The zero-order valence-corrected chi connectivity index (χ0v) is 17.8. The Labute approximate surface area is 176 Å². The number of oxazole rings is 1. The molecule has 1 aromatic heterocycles. The highest BCUT2D eigenvalue weighted by Gasteiger charge is 2.17. The minimum Gasteiger partial charge on any atom is -0.496 e. The predicted octanol–water partition coefficient (Wildman–Crippen LogP) is 6.14. The van der Waals surface area contributed by atoms with Crippen molar-refractivity contribution in [1.82, 2.24) is 4.98 Å². The summed E-state index contributed by atoms with van der Waals surface area (Å²) in [6.07, 6.45) is 0. The van der Waals surface area contributed by atoms with E-state index < -0.39 is 0 Å². The topological polar surface area (TPSA) is 64.4 Å². The van der Waals surface area contributed by atoms with Crippen molar-refractivity contribution in [3.63, 3.8) is 0 Å². The first-order chi connectivity index (χ1) is 13.9. The molecule has 0 fully saturated rings. The predicted molar refractivity (Wildman–Crippen MR) is 118 cm³/mol. The van der Waals surface area contributed by atoms with E-state index in [2.05, 4.69) is 26.2 Å². The molecular weight excluding hydrogens is 432 g/mol. The van der Waals surface area contributed by atoms with E-state index in [1.807, 2.05) is 44.2 Å². The molecule has 0 bridgehead atoms. The number of carbonyl (C=O) groups is 1. The third-order valence-electron chi connectivity index (χ3n) is 4.63. The van der Waals surface area contributed by atoms with Gasteiger partial charge in [0.1, 0.15) is 11.3 Å². The van der Waals surface area contributed by atoms with E-state index in [-0.39, 0.29) is 5.91 Å². The molecule has 0 saturated heterocycles. The number of hydrogen-bond acceptors (Lipinski definition) is 4. The average Bonchev–Trinajstić information content (AvgIpc) is 3.11. The number of amides is 1. The van der Waals surface area contributed by atoms with E-state index in [1.54, 1.807) is 31.4 Å². The third kappa shape index (κ3) is 3.89. The summed E-state index contributed by atoms with van der Waals surface area (Å²) in [6.45, 7) is 3.93.